The van der Waals surface area contributed by atoms with Gasteiger partial charge in [0.15, 0.2) is 0 Å². The van der Waals surface area contributed by atoms with Gasteiger partial charge in [-0.15, -0.1) is 0 Å². The lowest BCUT2D eigenvalue weighted by Crippen LogP contribution is -2.37. The summed E-state index contributed by atoms with van der Waals surface area (Å²) in [5.74, 6) is 0.0995. The Morgan fingerprint density at radius 2 is 1.90 bits per heavy atom. The molecule has 30 heavy (non-hydrogen) atoms. The first-order valence-electron chi connectivity index (χ1n) is 8.97. The zero-order valence-corrected chi connectivity index (χ0v) is 18.3. The number of halogens is 2. The molecule has 1 fully saturated rings. The molecule has 0 aromatic heterocycles. The molecule has 0 saturated carbocycles. The van der Waals surface area contributed by atoms with Crippen molar-refractivity contribution in [1.29, 1.82) is 0 Å². The van der Waals surface area contributed by atoms with Gasteiger partial charge in [0.2, 0.25) is 5.91 Å². The molecule has 2 aromatic rings. The van der Waals surface area contributed by atoms with Crippen LogP contribution in [-0.4, -0.2) is 42.2 Å². The highest BCUT2D eigenvalue weighted by Crippen LogP contribution is 2.33. The van der Waals surface area contributed by atoms with E-state index in [0.717, 1.165) is 22.2 Å². The van der Waals surface area contributed by atoms with E-state index >= 15 is 0 Å². The molecule has 3 amide bonds. The van der Waals surface area contributed by atoms with E-state index in [2.05, 4.69) is 5.32 Å². The number of nitrogens with one attached hydrogen (secondary N) is 1. The van der Waals surface area contributed by atoms with Gasteiger partial charge in [-0.1, -0.05) is 41.4 Å². The first-order chi connectivity index (χ1) is 14.4. The van der Waals surface area contributed by atoms with Crippen LogP contribution in [-0.2, 0) is 16.0 Å². The van der Waals surface area contributed by atoms with Gasteiger partial charge in [0.1, 0.15) is 5.75 Å². The van der Waals surface area contributed by atoms with Crippen LogP contribution in [0.2, 0.25) is 10.0 Å². The number of carbonyl (C=O) groups excluding carboxylic acids is 3. The standard InChI is InChI=1S/C21H18Cl2N2O4S/c1-29-16-6-2-13(3-7-16)10-19(26)24-8-9-25-20(27)18(30-21(25)28)11-14-4-5-15(22)12-17(14)23/h2-7,11-12H,8-10H2,1H3,(H,24,26)/b18-11-. The van der Waals surface area contributed by atoms with Crippen molar-refractivity contribution in [2.24, 2.45) is 0 Å². The van der Waals surface area contributed by atoms with Gasteiger partial charge in [0.25, 0.3) is 11.1 Å². The van der Waals surface area contributed by atoms with E-state index in [9.17, 15) is 14.4 Å². The zero-order chi connectivity index (χ0) is 21.7. The second-order valence-corrected chi connectivity index (χ2v) is 8.21. The number of amides is 3. The smallest absolute Gasteiger partial charge is 0.293 e. The Morgan fingerprint density at radius 3 is 2.57 bits per heavy atom. The minimum absolute atomic E-state index is 0.0880. The summed E-state index contributed by atoms with van der Waals surface area (Å²) in [5.41, 5.74) is 1.43. The maximum absolute atomic E-state index is 12.5. The third kappa shape index (κ3) is 5.56. The Kier molecular flexibility index (Phi) is 7.42. The molecule has 0 bridgehead atoms. The zero-order valence-electron chi connectivity index (χ0n) is 16.0. The van der Waals surface area contributed by atoms with Crippen LogP contribution in [0.5, 0.6) is 5.75 Å². The summed E-state index contributed by atoms with van der Waals surface area (Å²) in [6.07, 6.45) is 1.76. The Bertz CT molecular complexity index is 1010. The minimum atomic E-state index is -0.416. The Morgan fingerprint density at radius 1 is 1.17 bits per heavy atom. The van der Waals surface area contributed by atoms with E-state index in [1.54, 1.807) is 43.5 Å². The molecule has 1 heterocycles. The lowest BCUT2D eigenvalue weighted by Gasteiger charge is -2.13. The maximum Gasteiger partial charge on any atom is 0.293 e. The van der Waals surface area contributed by atoms with Crippen molar-refractivity contribution in [3.63, 3.8) is 0 Å². The Balaban J connectivity index is 1.54. The number of imide groups is 1. The van der Waals surface area contributed by atoms with Crippen LogP contribution in [0, 0.1) is 0 Å². The SMILES string of the molecule is COc1ccc(CC(=O)NCCN2C(=O)S/C(=C\c3ccc(Cl)cc3Cl)C2=O)cc1. The Labute approximate surface area is 188 Å². The number of methoxy groups -OCH3 is 1. The molecule has 6 nitrogen and oxygen atoms in total. The summed E-state index contributed by atoms with van der Waals surface area (Å²) in [5, 5.41) is 3.21. The highest BCUT2D eigenvalue weighted by Gasteiger charge is 2.34. The second kappa shape index (κ2) is 10.0. The first-order valence-corrected chi connectivity index (χ1v) is 10.5. The van der Waals surface area contributed by atoms with Gasteiger partial charge in [-0.25, -0.2) is 0 Å². The molecule has 1 aliphatic heterocycles. The number of hydrogen-bond donors (Lipinski definition) is 1. The van der Waals surface area contributed by atoms with Crippen molar-refractivity contribution in [2.45, 2.75) is 6.42 Å². The van der Waals surface area contributed by atoms with E-state index in [-0.39, 0.29) is 35.6 Å². The summed E-state index contributed by atoms with van der Waals surface area (Å²) < 4.78 is 5.08. The summed E-state index contributed by atoms with van der Waals surface area (Å²) in [6, 6.07) is 12.1. The molecule has 2 aromatic carbocycles. The molecule has 0 aliphatic carbocycles. The number of thioether (sulfide) groups is 1. The van der Waals surface area contributed by atoms with E-state index in [0.29, 0.717) is 21.4 Å². The molecule has 0 radical (unpaired) electrons. The molecule has 1 N–H and O–H groups in total. The van der Waals surface area contributed by atoms with Gasteiger partial charge in [-0.05, 0) is 53.2 Å². The summed E-state index contributed by atoms with van der Waals surface area (Å²) in [4.78, 5) is 38.2. The number of carbonyl (C=O) groups is 3. The van der Waals surface area contributed by atoms with E-state index < -0.39 is 5.91 Å². The number of ether oxygens (including phenoxy) is 1. The summed E-state index contributed by atoms with van der Waals surface area (Å²) >= 11 is 12.8. The predicted octanol–water partition coefficient (Wildman–Crippen LogP) is 4.40. The van der Waals surface area contributed by atoms with Gasteiger partial charge in [-0.2, -0.15) is 0 Å². The predicted molar refractivity (Wildman–Crippen MR) is 119 cm³/mol. The molecular formula is C21H18Cl2N2O4S. The normalized spacial score (nSPS) is 15.0. The fourth-order valence-electron chi connectivity index (χ4n) is 2.75. The van der Waals surface area contributed by atoms with Crippen LogP contribution in [0.25, 0.3) is 6.08 Å². The summed E-state index contributed by atoms with van der Waals surface area (Å²) in [7, 11) is 1.58. The molecule has 0 unspecified atom stereocenters. The van der Waals surface area contributed by atoms with E-state index in [1.807, 2.05) is 12.1 Å². The van der Waals surface area contributed by atoms with Crippen molar-refractivity contribution < 1.29 is 19.1 Å². The minimum Gasteiger partial charge on any atom is -0.497 e. The molecule has 156 valence electrons. The average molecular weight is 465 g/mol. The maximum atomic E-state index is 12.5. The van der Waals surface area contributed by atoms with Crippen LogP contribution in [0.1, 0.15) is 11.1 Å². The average Bonchev–Trinajstić information content (AvgIpc) is 2.98. The quantitative estimate of drug-likeness (QED) is 0.614. The van der Waals surface area contributed by atoms with Crippen LogP contribution in [0.4, 0.5) is 4.79 Å². The highest BCUT2D eigenvalue weighted by atomic mass is 35.5. The number of hydrogen-bond acceptors (Lipinski definition) is 5. The molecular weight excluding hydrogens is 447 g/mol. The first kappa shape index (κ1) is 22.2. The monoisotopic (exact) mass is 464 g/mol. The van der Waals surface area contributed by atoms with Gasteiger partial charge in [0, 0.05) is 23.1 Å². The number of rotatable bonds is 7. The van der Waals surface area contributed by atoms with E-state index in [1.165, 1.54) is 0 Å². The fourth-order valence-corrected chi connectivity index (χ4v) is 4.07. The van der Waals surface area contributed by atoms with Gasteiger partial charge in [-0.3, -0.25) is 19.3 Å². The van der Waals surface area contributed by atoms with Crippen molar-refractivity contribution in [2.75, 3.05) is 20.2 Å². The van der Waals surface area contributed by atoms with Crippen molar-refractivity contribution in [1.82, 2.24) is 10.2 Å². The number of benzene rings is 2. The van der Waals surface area contributed by atoms with Crippen LogP contribution in [0.3, 0.4) is 0 Å². The molecule has 0 spiro atoms. The van der Waals surface area contributed by atoms with Crippen molar-refractivity contribution in [3.8, 4) is 5.75 Å². The lowest BCUT2D eigenvalue weighted by molar-refractivity contribution is -0.124. The molecule has 0 atom stereocenters. The summed E-state index contributed by atoms with van der Waals surface area (Å²) in [6.45, 7) is 0.257. The van der Waals surface area contributed by atoms with Gasteiger partial charge in [0.05, 0.1) is 18.4 Å². The molecule has 3 rings (SSSR count). The topological polar surface area (TPSA) is 75.7 Å². The molecule has 1 saturated heterocycles. The van der Waals surface area contributed by atoms with Crippen LogP contribution < -0.4 is 10.1 Å². The van der Waals surface area contributed by atoms with Crippen LogP contribution in [0.15, 0.2) is 47.4 Å². The number of nitrogens with zero attached hydrogens (tertiary/aromatic N) is 1. The largest absolute Gasteiger partial charge is 0.497 e. The fraction of sp³-hybridized carbons (Fsp3) is 0.190. The van der Waals surface area contributed by atoms with Gasteiger partial charge >= 0.3 is 0 Å². The van der Waals surface area contributed by atoms with Crippen molar-refractivity contribution >= 4 is 58.1 Å². The lowest BCUT2D eigenvalue weighted by atomic mass is 10.1. The third-order valence-corrected chi connectivity index (χ3v) is 5.77. The van der Waals surface area contributed by atoms with Gasteiger partial charge < -0.3 is 10.1 Å². The third-order valence-electron chi connectivity index (χ3n) is 4.30. The highest BCUT2D eigenvalue weighted by molar-refractivity contribution is 8.18. The molecule has 9 heteroatoms. The van der Waals surface area contributed by atoms with E-state index in [4.69, 9.17) is 27.9 Å². The Hall–Kier alpha value is -2.48. The molecule has 1 aliphatic rings. The second-order valence-electron chi connectivity index (χ2n) is 6.37. The van der Waals surface area contributed by atoms with Crippen LogP contribution >= 0.6 is 35.0 Å². The van der Waals surface area contributed by atoms with Crippen molar-refractivity contribution in [3.05, 3.63) is 68.5 Å².